The van der Waals surface area contributed by atoms with Crippen molar-refractivity contribution in [1.82, 2.24) is 5.32 Å². The second-order valence-electron chi connectivity index (χ2n) is 3.60. The molecule has 0 saturated heterocycles. The van der Waals surface area contributed by atoms with Gasteiger partial charge < -0.3 is 10.4 Å². The Morgan fingerprint density at radius 2 is 2.00 bits per heavy atom. The number of carbonyl (C=O) groups is 1. The monoisotopic (exact) mass is 199 g/mol. The summed E-state index contributed by atoms with van der Waals surface area (Å²) in [6.45, 7) is 7.81. The standard InChI is InChI=1S/C11H21NO2/c1-5-7-8(3)12-10(6-2)9(4)11(13)14/h8,12H,5-7H2,1-4H3,(H,13,14)/b10-9+. The molecule has 2 N–H and O–H groups in total. The van der Waals surface area contributed by atoms with E-state index in [-0.39, 0.29) is 0 Å². The Labute approximate surface area is 86.2 Å². The Bertz CT molecular complexity index is 221. The van der Waals surface area contributed by atoms with E-state index in [1.54, 1.807) is 6.92 Å². The van der Waals surface area contributed by atoms with Crippen LogP contribution >= 0.6 is 0 Å². The van der Waals surface area contributed by atoms with E-state index in [0.717, 1.165) is 25.0 Å². The van der Waals surface area contributed by atoms with Gasteiger partial charge in [-0.1, -0.05) is 20.3 Å². The summed E-state index contributed by atoms with van der Waals surface area (Å²) in [5.74, 6) is -0.835. The number of carboxylic acid groups (broad SMARTS) is 1. The summed E-state index contributed by atoms with van der Waals surface area (Å²) in [7, 11) is 0. The summed E-state index contributed by atoms with van der Waals surface area (Å²) in [4.78, 5) is 10.7. The molecule has 0 radical (unpaired) electrons. The highest BCUT2D eigenvalue weighted by atomic mass is 16.4. The van der Waals surface area contributed by atoms with Crippen LogP contribution in [0.4, 0.5) is 0 Å². The van der Waals surface area contributed by atoms with Crippen LogP contribution in [0.25, 0.3) is 0 Å². The first kappa shape index (κ1) is 13.0. The lowest BCUT2D eigenvalue weighted by atomic mass is 10.1. The number of allylic oxidation sites excluding steroid dienone is 1. The van der Waals surface area contributed by atoms with Crippen LogP contribution in [0.1, 0.15) is 47.0 Å². The van der Waals surface area contributed by atoms with Crippen LogP contribution in [0.15, 0.2) is 11.3 Å². The van der Waals surface area contributed by atoms with E-state index in [4.69, 9.17) is 5.11 Å². The number of aliphatic carboxylic acids is 1. The Morgan fingerprint density at radius 3 is 2.36 bits per heavy atom. The van der Waals surface area contributed by atoms with Crippen molar-refractivity contribution in [3.8, 4) is 0 Å². The van der Waals surface area contributed by atoms with Crippen molar-refractivity contribution in [3.63, 3.8) is 0 Å². The van der Waals surface area contributed by atoms with Crippen molar-refractivity contribution in [3.05, 3.63) is 11.3 Å². The van der Waals surface area contributed by atoms with Crippen LogP contribution in [-0.2, 0) is 4.79 Å². The quantitative estimate of drug-likeness (QED) is 0.646. The van der Waals surface area contributed by atoms with Crippen molar-refractivity contribution in [2.24, 2.45) is 0 Å². The fourth-order valence-corrected chi connectivity index (χ4v) is 1.41. The largest absolute Gasteiger partial charge is 0.478 e. The highest BCUT2D eigenvalue weighted by Gasteiger charge is 2.09. The molecule has 0 fully saturated rings. The third-order valence-corrected chi connectivity index (χ3v) is 2.27. The molecule has 0 aromatic rings. The predicted octanol–water partition coefficient (Wildman–Crippen LogP) is 2.53. The molecular weight excluding hydrogens is 178 g/mol. The molecule has 0 aromatic heterocycles. The van der Waals surface area contributed by atoms with Gasteiger partial charge in [-0.15, -0.1) is 0 Å². The molecule has 0 amide bonds. The van der Waals surface area contributed by atoms with Crippen LogP contribution in [0.5, 0.6) is 0 Å². The van der Waals surface area contributed by atoms with Gasteiger partial charge in [0.05, 0.1) is 5.57 Å². The minimum atomic E-state index is -0.835. The van der Waals surface area contributed by atoms with Crippen LogP contribution in [-0.4, -0.2) is 17.1 Å². The van der Waals surface area contributed by atoms with Gasteiger partial charge >= 0.3 is 5.97 Å². The minimum absolute atomic E-state index is 0.351. The Kier molecular flexibility index (Phi) is 6.00. The lowest BCUT2D eigenvalue weighted by Crippen LogP contribution is -2.26. The summed E-state index contributed by atoms with van der Waals surface area (Å²) in [5, 5.41) is 12.1. The van der Waals surface area contributed by atoms with Crippen LogP contribution < -0.4 is 5.32 Å². The van der Waals surface area contributed by atoms with Gasteiger partial charge in [0.1, 0.15) is 0 Å². The van der Waals surface area contributed by atoms with E-state index in [0.29, 0.717) is 11.6 Å². The lowest BCUT2D eigenvalue weighted by Gasteiger charge is -2.17. The zero-order chi connectivity index (χ0) is 11.1. The first-order chi connectivity index (χ1) is 6.52. The van der Waals surface area contributed by atoms with Gasteiger partial charge in [0, 0.05) is 11.7 Å². The average Bonchev–Trinajstić information content (AvgIpc) is 2.13. The summed E-state index contributed by atoms with van der Waals surface area (Å²) in [6.07, 6.45) is 2.92. The van der Waals surface area contributed by atoms with Gasteiger partial charge in [-0.2, -0.15) is 0 Å². The molecule has 0 aliphatic heterocycles. The van der Waals surface area contributed by atoms with Crippen molar-refractivity contribution < 1.29 is 9.90 Å². The normalized spacial score (nSPS) is 14.6. The molecule has 3 nitrogen and oxygen atoms in total. The van der Waals surface area contributed by atoms with Gasteiger partial charge in [0.15, 0.2) is 0 Å². The number of carboxylic acids is 1. The smallest absolute Gasteiger partial charge is 0.333 e. The molecule has 0 aliphatic carbocycles. The number of hydrogen-bond acceptors (Lipinski definition) is 2. The minimum Gasteiger partial charge on any atom is -0.478 e. The molecule has 0 rings (SSSR count). The molecular formula is C11H21NO2. The first-order valence-electron chi connectivity index (χ1n) is 5.22. The van der Waals surface area contributed by atoms with Crippen molar-refractivity contribution >= 4 is 5.97 Å². The van der Waals surface area contributed by atoms with Crippen molar-refractivity contribution in [1.29, 1.82) is 0 Å². The van der Waals surface area contributed by atoms with Crippen LogP contribution in [0.2, 0.25) is 0 Å². The van der Waals surface area contributed by atoms with E-state index in [9.17, 15) is 4.79 Å². The molecule has 0 heterocycles. The fourth-order valence-electron chi connectivity index (χ4n) is 1.41. The summed E-state index contributed by atoms with van der Waals surface area (Å²) >= 11 is 0. The zero-order valence-electron chi connectivity index (χ0n) is 9.55. The van der Waals surface area contributed by atoms with Gasteiger partial charge in [0.2, 0.25) is 0 Å². The maximum absolute atomic E-state index is 10.7. The Hall–Kier alpha value is -0.990. The van der Waals surface area contributed by atoms with E-state index >= 15 is 0 Å². The number of hydrogen-bond donors (Lipinski definition) is 2. The van der Waals surface area contributed by atoms with E-state index in [1.165, 1.54) is 0 Å². The maximum atomic E-state index is 10.7. The van der Waals surface area contributed by atoms with E-state index in [2.05, 4.69) is 19.2 Å². The molecule has 1 unspecified atom stereocenters. The second kappa shape index (κ2) is 6.46. The Morgan fingerprint density at radius 1 is 1.43 bits per heavy atom. The SMILES string of the molecule is CCCC(C)N/C(CC)=C(\C)C(=O)O. The summed E-state index contributed by atoms with van der Waals surface area (Å²) in [6, 6.07) is 0.351. The summed E-state index contributed by atoms with van der Waals surface area (Å²) in [5.41, 5.74) is 1.27. The molecule has 14 heavy (non-hydrogen) atoms. The molecule has 0 aliphatic rings. The summed E-state index contributed by atoms with van der Waals surface area (Å²) < 4.78 is 0. The van der Waals surface area contributed by atoms with Gasteiger partial charge in [-0.25, -0.2) is 4.79 Å². The molecule has 82 valence electrons. The van der Waals surface area contributed by atoms with E-state index in [1.807, 2.05) is 6.92 Å². The highest BCUT2D eigenvalue weighted by Crippen LogP contribution is 2.08. The first-order valence-corrected chi connectivity index (χ1v) is 5.22. The van der Waals surface area contributed by atoms with Crippen LogP contribution in [0.3, 0.4) is 0 Å². The third kappa shape index (κ3) is 4.30. The molecule has 3 heteroatoms. The van der Waals surface area contributed by atoms with Gasteiger partial charge in [-0.05, 0) is 26.7 Å². The zero-order valence-corrected chi connectivity index (χ0v) is 9.55. The second-order valence-corrected chi connectivity index (χ2v) is 3.60. The molecule has 1 atom stereocenters. The van der Waals surface area contributed by atoms with E-state index < -0.39 is 5.97 Å². The molecule has 0 spiro atoms. The third-order valence-electron chi connectivity index (χ3n) is 2.27. The Balaban J connectivity index is 4.42. The number of nitrogens with one attached hydrogen (secondary N) is 1. The van der Waals surface area contributed by atoms with Gasteiger partial charge in [-0.3, -0.25) is 0 Å². The fraction of sp³-hybridized carbons (Fsp3) is 0.727. The lowest BCUT2D eigenvalue weighted by molar-refractivity contribution is -0.132. The molecule has 0 bridgehead atoms. The van der Waals surface area contributed by atoms with Crippen LogP contribution in [0, 0.1) is 0 Å². The number of rotatable bonds is 6. The molecule has 0 saturated carbocycles. The molecule has 0 aromatic carbocycles. The van der Waals surface area contributed by atoms with Crippen molar-refractivity contribution in [2.45, 2.75) is 53.0 Å². The predicted molar refractivity (Wildman–Crippen MR) is 58.1 cm³/mol. The maximum Gasteiger partial charge on any atom is 0.333 e. The average molecular weight is 199 g/mol. The van der Waals surface area contributed by atoms with Crippen molar-refractivity contribution in [2.75, 3.05) is 0 Å². The topological polar surface area (TPSA) is 49.3 Å². The van der Waals surface area contributed by atoms with Gasteiger partial charge in [0.25, 0.3) is 0 Å². The highest BCUT2D eigenvalue weighted by molar-refractivity contribution is 5.86.